The van der Waals surface area contributed by atoms with Gasteiger partial charge in [-0.3, -0.25) is 0 Å². The number of hydrogen-bond acceptors (Lipinski definition) is 6. The van der Waals surface area contributed by atoms with Crippen LogP contribution in [-0.4, -0.2) is 53.4 Å². The fraction of sp³-hybridized carbons (Fsp3) is 0.0714. The van der Waals surface area contributed by atoms with Crippen molar-refractivity contribution in [1.29, 1.82) is 0 Å². The lowest BCUT2D eigenvalue weighted by Crippen LogP contribution is -2.29. The Bertz CT molecular complexity index is 1850. The molecule has 2 heterocycles. The molecule has 0 amide bonds. The van der Waals surface area contributed by atoms with Crippen LogP contribution in [-0.2, 0) is 13.1 Å². The molecule has 4 aromatic carbocycles. The Kier molecular flexibility index (Phi) is 9.47. The van der Waals surface area contributed by atoms with Gasteiger partial charge in [0.2, 0.25) is 0 Å². The standard InChI is InChI=1S/2C14H11BCl2N2O2/c16-11-5-12(17)14-13(6-11)19(8-18-14)7-9-1-3-10(4-2-9)15(20)21;16-11-5-12(17)14-13(6-11)18-8-19(14)7-9-1-3-10(4-2-9)15(20)21/h2*1-6,8,20-21H,7H2. The predicted octanol–water partition coefficient (Wildman–Crippen LogP) is 4.14. The molecule has 2 aromatic heterocycles. The predicted molar refractivity (Wildman–Crippen MR) is 170 cm³/mol. The molecule has 6 rings (SSSR count). The second kappa shape index (κ2) is 13.1. The Balaban J connectivity index is 0.000000168. The molecule has 0 fully saturated rings. The molecule has 8 nitrogen and oxygen atoms in total. The van der Waals surface area contributed by atoms with E-state index in [2.05, 4.69) is 9.97 Å². The summed E-state index contributed by atoms with van der Waals surface area (Å²) in [6.07, 6.45) is 3.42. The van der Waals surface area contributed by atoms with Crippen LogP contribution < -0.4 is 10.9 Å². The van der Waals surface area contributed by atoms with Crippen molar-refractivity contribution in [2.45, 2.75) is 13.1 Å². The molecule has 6 aromatic rings. The molecule has 14 heteroatoms. The number of nitrogens with zero attached hydrogens (tertiary/aromatic N) is 4. The molecule has 0 unspecified atom stereocenters. The molecule has 4 N–H and O–H groups in total. The van der Waals surface area contributed by atoms with E-state index in [1.165, 1.54) is 0 Å². The summed E-state index contributed by atoms with van der Waals surface area (Å²) in [5, 5.41) is 38.5. The van der Waals surface area contributed by atoms with Gasteiger partial charge in [-0.2, -0.15) is 0 Å². The average Bonchev–Trinajstić information content (AvgIpc) is 3.54. The third-order valence-corrected chi connectivity index (χ3v) is 7.55. The van der Waals surface area contributed by atoms with Crippen LogP contribution in [0.25, 0.3) is 22.1 Å². The number of imidazole rings is 2. The molecule has 0 atom stereocenters. The molecule has 0 aliphatic rings. The molecule has 0 bridgehead atoms. The van der Waals surface area contributed by atoms with Crippen molar-refractivity contribution in [3.05, 3.63) is 117 Å². The van der Waals surface area contributed by atoms with Gasteiger partial charge in [-0.15, -0.1) is 0 Å². The third kappa shape index (κ3) is 6.94. The van der Waals surface area contributed by atoms with Gasteiger partial charge in [-0.25, -0.2) is 9.97 Å². The highest BCUT2D eigenvalue weighted by Crippen LogP contribution is 2.28. The monoisotopic (exact) mass is 640 g/mol. The highest BCUT2D eigenvalue weighted by molar-refractivity contribution is 6.58. The summed E-state index contributed by atoms with van der Waals surface area (Å²) in [4.78, 5) is 8.59. The molecule has 0 spiro atoms. The smallest absolute Gasteiger partial charge is 0.423 e. The van der Waals surface area contributed by atoms with E-state index in [0.717, 1.165) is 27.7 Å². The summed E-state index contributed by atoms with van der Waals surface area (Å²) in [7, 11) is -2.91. The van der Waals surface area contributed by atoms with Crippen LogP contribution in [0.4, 0.5) is 0 Å². The second-order valence-corrected chi connectivity index (χ2v) is 11.2. The summed E-state index contributed by atoms with van der Waals surface area (Å²) < 4.78 is 3.87. The minimum absolute atomic E-state index is 0.457. The molecule has 0 saturated carbocycles. The van der Waals surface area contributed by atoms with Gasteiger partial charge in [0, 0.05) is 23.1 Å². The molecule has 0 radical (unpaired) electrons. The first-order valence-corrected chi connectivity index (χ1v) is 14.1. The Morgan fingerprint density at radius 1 is 0.595 bits per heavy atom. The van der Waals surface area contributed by atoms with Gasteiger partial charge < -0.3 is 29.2 Å². The van der Waals surface area contributed by atoms with E-state index in [1.54, 1.807) is 55.1 Å². The maximum absolute atomic E-state index is 9.09. The van der Waals surface area contributed by atoms with Crippen molar-refractivity contribution < 1.29 is 20.1 Å². The number of fused-ring (bicyclic) bond motifs is 2. The van der Waals surface area contributed by atoms with Crippen LogP contribution in [0.15, 0.2) is 85.5 Å². The molecule has 0 saturated heterocycles. The van der Waals surface area contributed by atoms with E-state index in [9.17, 15) is 0 Å². The number of benzene rings is 4. The van der Waals surface area contributed by atoms with Crippen molar-refractivity contribution in [2.75, 3.05) is 0 Å². The van der Waals surface area contributed by atoms with Crippen molar-refractivity contribution in [3.8, 4) is 0 Å². The molecular formula is C28H22B2Cl4N4O4. The average molecular weight is 642 g/mol. The van der Waals surface area contributed by atoms with Gasteiger partial charge in [-0.1, -0.05) is 94.9 Å². The summed E-state index contributed by atoms with van der Waals surface area (Å²) in [5.41, 5.74) is 6.07. The van der Waals surface area contributed by atoms with Gasteiger partial charge in [0.1, 0.15) is 5.52 Å². The highest BCUT2D eigenvalue weighted by atomic mass is 35.5. The Labute approximate surface area is 261 Å². The van der Waals surface area contributed by atoms with Crippen LogP contribution in [0.1, 0.15) is 11.1 Å². The second-order valence-electron chi connectivity index (χ2n) is 9.49. The number of hydrogen-bond donors (Lipinski definition) is 4. The maximum atomic E-state index is 9.09. The fourth-order valence-corrected chi connectivity index (χ4v) is 5.57. The van der Waals surface area contributed by atoms with Crippen LogP contribution in [0.2, 0.25) is 20.1 Å². The maximum Gasteiger partial charge on any atom is 0.488 e. The molecule has 212 valence electrons. The van der Waals surface area contributed by atoms with Gasteiger partial charge in [0.25, 0.3) is 0 Å². The van der Waals surface area contributed by atoms with Crippen molar-refractivity contribution >= 4 is 93.6 Å². The minimum Gasteiger partial charge on any atom is -0.423 e. The zero-order chi connectivity index (χ0) is 30.0. The van der Waals surface area contributed by atoms with E-state index < -0.39 is 14.2 Å². The van der Waals surface area contributed by atoms with Gasteiger partial charge in [-0.05, 0) is 46.3 Å². The number of halogens is 4. The van der Waals surface area contributed by atoms with Crippen LogP contribution in [0, 0.1) is 0 Å². The Morgan fingerprint density at radius 3 is 1.67 bits per heavy atom. The molecule has 42 heavy (non-hydrogen) atoms. The van der Waals surface area contributed by atoms with Crippen molar-refractivity contribution in [2.24, 2.45) is 0 Å². The number of rotatable bonds is 6. The SMILES string of the molecule is OB(O)c1ccc(Cn2cnc3c(Cl)cc(Cl)cc32)cc1.OB(O)c1ccc(Cn2cnc3cc(Cl)cc(Cl)c32)cc1. The van der Waals surface area contributed by atoms with E-state index >= 15 is 0 Å². The summed E-state index contributed by atoms with van der Waals surface area (Å²) >= 11 is 24.3. The van der Waals surface area contributed by atoms with Gasteiger partial charge >= 0.3 is 14.2 Å². The zero-order valence-electron chi connectivity index (χ0n) is 21.7. The first-order chi connectivity index (χ1) is 20.1. The van der Waals surface area contributed by atoms with E-state index in [4.69, 9.17) is 66.5 Å². The van der Waals surface area contributed by atoms with Crippen molar-refractivity contribution in [1.82, 2.24) is 19.1 Å². The Morgan fingerprint density at radius 2 is 1.10 bits per heavy atom. The van der Waals surface area contributed by atoms with E-state index in [0.29, 0.717) is 49.6 Å². The fourth-order valence-electron chi connectivity index (χ4n) is 4.44. The number of aromatic nitrogens is 4. The topological polar surface area (TPSA) is 117 Å². The summed E-state index contributed by atoms with van der Waals surface area (Å²) in [5.74, 6) is 0. The van der Waals surface area contributed by atoms with Crippen LogP contribution >= 0.6 is 46.4 Å². The summed E-state index contributed by atoms with van der Waals surface area (Å²) in [6.45, 7) is 1.18. The van der Waals surface area contributed by atoms with E-state index in [1.807, 2.05) is 39.5 Å². The first-order valence-electron chi connectivity index (χ1n) is 12.6. The zero-order valence-corrected chi connectivity index (χ0v) is 24.8. The quantitative estimate of drug-likeness (QED) is 0.203. The highest BCUT2D eigenvalue weighted by Gasteiger charge is 2.13. The van der Waals surface area contributed by atoms with Gasteiger partial charge in [0.05, 0.1) is 39.3 Å². The normalized spacial score (nSPS) is 11.0. The lowest BCUT2D eigenvalue weighted by atomic mass is 9.80. The molecular weight excluding hydrogens is 620 g/mol. The van der Waals surface area contributed by atoms with E-state index in [-0.39, 0.29) is 0 Å². The lowest BCUT2D eigenvalue weighted by molar-refractivity contribution is 0.424. The Hall–Kier alpha value is -3.05. The third-order valence-electron chi connectivity index (χ3n) is 6.54. The molecule has 0 aliphatic carbocycles. The van der Waals surface area contributed by atoms with Gasteiger partial charge in [0.15, 0.2) is 0 Å². The minimum atomic E-state index is -1.45. The van der Waals surface area contributed by atoms with Crippen LogP contribution in [0.3, 0.4) is 0 Å². The first kappa shape index (κ1) is 30.4. The van der Waals surface area contributed by atoms with Crippen LogP contribution in [0.5, 0.6) is 0 Å². The molecule has 0 aliphatic heterocycles. The largest absolute Gasteiger partial charge is 0.488 e. The lowest BCUT2D eigenvalue weighted by Gasteiger charge is -2.07. The van der Waals surface area contributed by atoms with Crippen molar-refractivity contribution in [3.63, 3.8) is 0 Å². The summed E-state index contributed by atoms with van der Waals surface area (Å²) in [6, 6.07) is 21.0.